The molecule has 0 bridgehead atoms. The summed E-state index contributed by atoms with van der Waals surface area (Å²) in [6.45, 7) is 2.09. The first-order valence-corrected chi connectivity index (χ1v) is 6.53. The number of hydrogen-bond donors (Lipinski definition) is 0. The number of carbonyl (C=O) groups is 1. The van der Waals surface area contributed by atoms with Crippen LogP contribution in [0.2, 0.25) is 0 Å². The molecule has 1 amide bonds. The molecule has 0 radical (unpaired) electrons. The molecule has 1 aliphatic rings. The standard InChI is InChI=1S/C15H16N2O2/c1-11-8-12-4-2-3-5-14(12)17(11)15(18)7-6-13-9-19-10-16-13/h2-5,9-11H,6-8H2,1H3. The Morgan fingerprint density at radius 1 is 1.47 bits per heavy atom. The van der Waals surface area contributed by atoms with E-state index in [9.17, 15) is 4.79 Å². The van der Waals surface area contributed by atoms with Gasteiger partial charge >= 0.3 is 0 Å². The average molecular weight is 256 g/mol. The van der Waals surface area contributed by atoms with E-state index in [-0.39, 0.29) is 11.9 Å². The number of hydrogen-bond acceptors (Lipinski definition) is 3. The van der Waals surface area contributed by atoms with Crippen molar-refractivity contribution in [2.45, 2.75) is 32.2 Å². The lowest BCUT2D eigenvalue weighted by atomic mass is 10.1. The average Bonchev–Trinajstić information content (AvgIpc) is 3.02. The molecule has 0 spiro atoms. The summed E-state index contributed by atoms with van der Waals surface area (Å²) in [5.41, 5.74) is 3.14. The molecule has 0 saturated carbocycles. The Hall–Kier alpha value is -2.10. The summed E-state index contributed by atoms with van der Waals surface area (Å²) in [6, 6.07) is 8.36. The van der Waals surface area contributed by atoms with Gasteiger partial charge in [0.05, 0.1) is 5.69 Å². The van der Waals surface area contributed by atoms with E-state index < -0.39 is 0 Å². The number of amides is 1. The third kappa shape index (κ3) is 2.26. The monoisotopic (exact) mass is 256 g/mol. The van der Waals surface area contributed by atoms with E-state index in [2.05, 4.69) is 18.0 Å². The molecule has 1 atom stereocenters. The van der Waals surface area contributed by atoms with Gasteiger partial charge in [-0.3, -0.25) is 4.79 Å². The molecule has 0 fully saturated rings. The highest BCUT2D eigenvalue weighted by Crippen LogP contribution is 2.32. The number of aryl methyl sites for hydroxylation is 1. The summed E-state index contributed by atoms with van der Waals surface area (Å²) in [7, 11) is 0. The Labute approximate surface area is 112 Å². The Kier molecular flexibility index (Phi) is 3.07. The number of oxazole rings is 1. The minimum absolute atomic E-state index is 0.153. The van der Waals surface area contributed by atoms with Gasteiger partial charge in [-0.05, 0) is 25.0 Å². The molecule has 1 unspecified atom stereocenters. The van der Waals surface area contributed by atoms with Crippen LogP contribution in [0.25, 0.3) is 0 Å². The summed E-state index contributed by atoms with van der Waals surface area (Å²) in [5, 5.41) is 0. The molecule has 0 N–H and O–H groups in total. The van der Waals surface area contributed by atoms with Crippen LogP contribution < -0.4 is 4.90 Å². The first-order valence-electron chi connectivity index (χ1n) is 6.53. The number of anilines is 1. The number of benzene rings is 1. The van der Waals surface area contributed by atoms with Gasteiger partial charge in [0.2, 0.25) is 5.91 Å². The van der Waals surface area contributed by atoms with Gasteiger partial charge in [-0.2, -0.15) is 0 Å². The highest BCUT2D eigenvalue weighted by molar-refractivity contribution is 5.96. The van der Waals surface area contributed by atoms with E-state index >= 15 is 0 Å². The maximum atomic E-state index is 12.4. The summed E-state index contributed by atoms with van der Waals surface area (Å²) >= 11 is 0. The molecule has 2 aromatic rings. The van der Waals surface area contributed by atoms with Gasteiger partial charge in [-0.25, -0.2) is 4.98 Å². The maximum Gasteiger partial charge on any atom is 0.227 e. The number of fused-ring (bicyclic) bond motifs is 1. The molecule has 4 nitrogen and oxygen atoms in total. The Bertz CT molecular complexity index is 578. The molecule has 19 heavy (non-hydrogen) atoms. The fourth-order valence-electron chi connectivity index (χ4n) is 2.66. The molecule has 98 valence electrons. The third-order valence-corrected chi connectivity index (χ3v) is 3.55. The molecular formula is C15H16N2O2. The van der Waals surface area contributed by atoms with Crippen LogP contribution in [-0.2, 0) is 17.6 Å². The zero-order valence-corrected chi connectivity index (χ0v) is 10.9. The van der Waals surface area contributed by atoms with Crippen molar-refractivity contribution in [2.24, 2.45) is 0 Å². The minimum atomic E-state index is 0.153. The van der Waals surface area contributed by atoms with Crippen molar-refractivity contribution in [3.05, 3.63) is 48.2 Å². The SMILES string of the molecule is CC1Cc2ccccc2N1C(=O)CCc1cocn1. The second-order valence-electron chi connectivity index (χ2n) is 4.93. The van der Waals surface area contributed by atoms with Gasteiger partial charge in [0.1, 0.15) is 6.26 Å². The normalized spacial score (nSPS) is 17.5. The topological polar surface area (TPSA) is 46.3 Å². The smallest absolute Gasteiger partial charge is 0.227 e. The fourth-order valence-corrected chi connectivity index (χ4v) is 2.66. The van der Waals surface area contributed by atoms with Crippen molar-refractivity contribution in [3.63, 3.8) is 0 Å². The Balaban J connectivity index is 1.73. The van der Waals surface area contributed by atoms with Crippen LogP contribution >= 0.6 is 0 Å². The second-order valence-corrected chi connectivity index (χ2v) is 4.93. The fraction of sp³-hybridized carbons (Fsp3) is 0.333. The quantitative estimate of drug-likeness (QED) is 0.848. The number of para-hydroxylation sites is 1. The summed E-state index contributed by atoms with van der Waals surface area (Å²) < 4.78 is 4.91. The lowest BCUT2D eigenvalue weighted by molar-refractivity contribution is -0.118. The van der Waals surface area contributed by atoms with Crippen molar-refractivity contribution in [1.82, 2.24) is 4.98 Å². The van der Waals surface area contributed by atoms with Gasteiger partial charge in [0.15, 0.2) is 6.39 Å². The first kappa shape index (κ1) is 12.0. The Morgan fingerprint density at radius 2 is 2.32 bits per heavy atom. The van der Waals surface area contributed by atoms with E-state index in [1.165, 1.54) is 12.0 Å². The molecule has 1 aromatic heterocycles. The minimum Gasteiger partial charge on any atom is -0.451 e. The van der Waals surface area contributed by atoms with Crippen LogP contribution in [0.5, 0.6) is 0 Å². The first-order chi connectivity index (χ1) is 9.25. The summed E-state index contributed by atoms with van der Waals surface area (Å²) in [4.78, 5) is 18.3. The predicted octanol–water partition coefficient (Wildman–Crippen LogP) is 2.59. The van der Waals surface area contributed by atoms with Crippen LogP contribution in [0.1, 0.15) is 24.6 Å². The van der Waals surface area contributed by atoms with Crippen molar-refractivity contribution in [2.75, 3.05) is 4.90 Å². The number of aromatic nitrogens is 1. The zero-order chi connectivity index (χ0) is 13.2. The molecule has 1 aliphatic heterocycles. The van der Waals surface area contributed by atoms with E-state index in [0.29, 0.717) is 12.8 Å². The van der Waals surface area contributed by atoms with Gasteiger partial charge in [-0.1, -0.05) is 18.2 Å². The molecule has 2 heterocycles. The summed E-state index contributed by atoms with van der Waals surface area (Å²) in [5.74, 6) is 0.153. The van der Waals surface area contributed by atoms with Crippen LogP contribution in [0, 0.1) is 0 Å². The number of nitrogens with zero attached hydrogens (tertiary/aromatic N) is 2. The molecule has 0 aliphatic carbocycles. The lowest BCUT2D eigenvalue weighted by Crippen LogP contribution is -2.35. The van der Waals surface area contributed by atoms with Crippen molar-refractivity contribution in [3.8, 4) is 0 Å². The van der Waals surface area contributed by atoms with Gasteiger partial charge in [0.25, 0.3) is 0 Å². The molecule has 0 saturated heterocycles. The third-order valence-electron chi connectivity index (χ3n) is 3.55. The van der Waals surface area contributed by atoms with Crippen molar-refractivity contribution < 1.29 is 9.21 Å². The zero-order valence-electron chi connectivity index (χ0n) is 10.9. The number of carbonyl (C=O) groups excluding carboxylic acids is 1. The van der Waals surface area contributed by atoms with Crippen LogP contribution in [0.3, 0.4) is 0 Å². The largest absolute Gasteiger partial charge is 0.451 e. The van der Waals surface area contributed by atoms with Crippen molar-refractivity contribution >= 4 is 11.6 Å². The predicted molar refractivity (Wildman–Crippen MR) is 71.9 cm³/mol. The lowest BCUT2D eigenvalue weighted by Gasteiger charge is -2.22. The van der Waals surface area contributed by atoms with Crippen molar-refractivity contribution in [1.29, 1.82) is 0 Å². The van der Waals surface area contributed by atoms with E-state index in [4.69, 9.17) is 4.42 Å². The maximum absolute atomic E-state index is 12.4. The molecular weight excluding hydrogens is 240 g/mol. The molecule has 3 rings (SSSR count). The highest BCUT2D eigenvalue weighted by atomic mass is 16.3. The van der Waals surface area contributed by atoms with E-state index in [1.807, 2.05) is 23.1 Å². The highest BCUT2D eigenvalue weighted by Gasteiger charge is 2.30. The molecule has 4 heteroatoms. The van der Waals surface area contributed by atoms with Gasteiger partial charge in [0, 0.05) is 24.6 Å². The van der Waals surface area contributed by atoms with Gasteiger partial charge in [-0.15, -0.1) is 0 Å². The van der Waals surface area contributed by atoms with Crippen LogP contribution in [0.4, 0.5) is 5.69 Å². The van der Waals surface area contributed by atoms with Crippen LogP contribution in [-0.4, -0.2) is 16.9 Å². The van der Waals surface area contributed by atoms with Gasteiger partial charge < -0.3 is 9.32 Å². The van der Waals surface area contributed by atoms with E-state index in [1.54, 1.807) is 6.26 Å². The van der Waals surface area contributed by atoms with Crippen LogP contribution in [0.15, 0.2) is 41.3 Å². The van der Waals surface area contributed by atoms with E-state index in [0.717, 1.165) is 17.8 Å². The summed E-state index contributed by atoms with van der Waals surface area (Å²) in [6.07, 6.45) is 5.01. The number of rotatable bonds is 3. The Morgan fingerprint density at radius 3 is 3.11 bits per heavy atom. The molecule has 1 aromatic carbocycles. The second kappa shape index (κ2) is 4.88.